The summed E-state index contributed by atoms with van der Waals surface area (Å²) in [5.41, 5.74) is 2.81. The highest BCUT2D eigenvalue weighted by molar-refractivity contribution is 7.91. The first-order chi connectivity index (χ1) is 11.7. The maximum atomic E-state index is 13.8. The van der Waals surface area contributed by atoms with Crippen LogP contribution in [0.5, 0.6) is 0 Å². The van der Waals surface area contributed by atoms with Gasteiger partial charge < -0.3 is 9.29 Å². The highest BCUT2D eigenvalue weighted by atomic mass is 32.2. The molecule has 0 amide bonds. The van der Waals surface area contributed by atoms with Crippen LogP contribution < -0.4 is 0 Å². The van der Waals surface area contributed by atoms with Gasteiger partial charge in [0.05, 0.1) is 13.3 Å². The van der Waals surface area contributed by atoms with Crippen LogP contribution in [0.4, 0.5) is 4.39 Å². The van der Waals surface area contributed by atoms with E-state index in [9.17, 15) is 8.94 Å². The van der Waals surface area contributed by atoms with Gasteiger partial charge in [-0.2, -0.15) is 0 Å². The van der Waals surface area contributed by atoms with Gasteiger partial charge in [-0.25, -0.2) is 4.39 Å². The maximum absolute atomic E-state index is 13.8. The molecule has 2 rings (SSSR count). The molecule has 0 N–H and O–H groups in total. The Kier molecular flexibility index (Phi) is 6.32. The average molecular weight is 378 g/mol. The molecule has 0 aliphatic carbocycles. The predicted molar refractivity (Wildman–Crippen MR) is 106 cm³/mol. The largest absolute Gasteiger partial charge is 0.591 e. The molecule has 0 aliphatic heterocycles. The number of hydrogen-bond donors (Lipinski definition) is 0. The van der Waals surface area contributed by atoms with Crippen LogP contribution in [0.2, 0.25) is 0 Å². The zero-order chi connectivity index (χ0) is 18.6. The third-order valence-corrected chi connectivity index (χ3v) is 5.18. The molecule has 2 aromatic carbocycles. The average Bonchev–Trinajstić information content (AvgIpc) is 2.58. The molecule has 0 spiro atoms. The first kappa shape index (κ1) is 19.6. The standard InChI is InChI=1S/C19H20FNO2S2/c1-19(2,3)25(22)21-12-13-11-14(20)9-10-15(13)16-7-5-6-8-17(16)18(24)23-4/h5-12H,1-4H3/b21-12+. The maximum Gasteiger partial charge on any atom is 0.191 e. The van der Waals surface area contributed by atoms with Gasteiger partial charge in [0.2, 0.25) is 0 Å². The smallest absolute Gasteiger partial charge is 0.191 e. The molecule has 2 aromatic rings. The number of halogens is 1. The minimum absolute atomic E-state index is 0.348. The lowest BCUT2D eigenvalue weighted by atomic mass is 9.96. The van der Waals surface area contributed by atoms with Crippen LogP contribution >= 0.6 is 12.2 Å². The van der Waals surface area contributed by atoms with Gasteiger partial charge in [0.15, 0.2) is 5.05 Å². The molecular formula is C19H20FNO2S2. The van der Waals surface area contributed by atoms with Crippen molar-refractivity contribution in [2.75, 3.05) is 7.11 Å². The molecule has 0 fully saturated rings. The van der Waals surface area contributed by atoms with Crippen molar-refractivity contribution in [1.29, 1.82) is 0 Å². The summed E-state index contributed by atoms with van der Waals surface area (Å²) in [5.74, 6) is -0.390. The molecule has 0 radical (unpaired) electrons. The summed E-state index contributed by atoms with van der Waals surface area (Å²) >= 11 is 3.83. The highest BCUT2D eigenvalue weighted by Crippen LogP contribution is 2.28. The Morgan fingerprint density at radius 1 is 1.20 bits per heavy atom. The van der Waals surface area contributed by atoms with Crippen molar-refractivity contribution < 1.29 is 13.7 Å². The molecule has 1 unspecified atom stereocenters. The second kappa shape index (κ2) is 8.08. The lowest BCUT2D eigenvalue weighted by Crippen LogP contribution is -2.25. The van der Waals surface area contributed by atoms with E-state index in [0.717, 1.165) is 16.7 Å². The van der Waals surface area contributed by atoms with Gasteiger partial charge in [0, 0.05) is 11.1 Å². The van der Waals surface area contributed by atoms with E-state index in [2.05, 4.69) is 4.40 Å². The van der Waals surface area contributed by atoms with Crippen LogP contribution in [-0.4, -0.2) is 27.7 Å². The third kappa shape index (κ3) is 4.87. The molecule has 0 aliphatic rings. The van der Waals surface area contributed by atoms with Gasteiger partial charge in [-0.3, -0.25) is 0 Å². The molecule has 1 atom stereocenters. The summed E-state index contributed by atoms with van der Waals surface area (Å²) < 4.78 is 34.7. The second-order valence-corrected chi connectivity index (χ2v) is 8.67. The Hall–Kier alpha value is -1.76. The van der Waals surface area contributed by atoms with Gasteiger partial charge in [0.25, 0.3) is 0 Å². The second-order valence-electron chi connectivity index (χ2n) is 6.36. The predicted octanol–water partition coefficient (Wildman–Crippen LogP) is 4.70. The Morgan fingerprint density at radius 3 is 2.52 bits per heavy atom. The molecule has 0 saturated carbocycles. The Morgan fingerprint density at radius 2 is 1.88 bits per heavy atom. The summed E-state index contributed by atoms with van der Waals surface area (Å²) in [6, 6.07) is 11.9. The van der Waals surface area contributed by atoms with Crippen molar-refractivity contribution in [3.63, 3.8) is 0 Å². The fourth-order valence-corrected chi connectivity index (χ4v) is 2.86. The van der Waals surface area contributed by atoms with Crippen molar-refractivity contribution in [2.45, 2.75) is 25.5 Å². The molecule has 132 valence electrons. The third-order valence-electron chi connectivity index (χ3n) is 3.45. The fourth-order valence-electron chi connectivity index (χ4n) is 2.15. The molecule has 25 heavy (non-hydrogen) atoms. The zero-order valence-corrected chi connectivity index (χ0v) is 16.2. The summed E-state index contributed by atoms with van der Waals surface area (Å²) in [7, 11) is 1.51. The van der Waals surface area contributed by atoms with Crippen molar-refractivity contribution in [1.82, 2.24) is 0 Å². The Labute approximate surface area is 156 Å². The van der Waals surface area contributed by atoms with Crippen molar-refractivity contribution in [2.24, 2.45) is 4.40 Å². The lowest BCUT2D eigenvalue weighted by molar-refractivity contribution is 0.416. The lowest BCUT2D eigenvalue weighted by Gasteiger charge is -2.18. The zero-order valence-electron chi connectivity index (χ0n) is 14.6. The summed E-state index contributed by atoms with van der Waals surface area (Å²) in [4.78, 5) is 0. The highest BCUT2D eigenvalue weighted by Gasteiger charge is 2.26. The van der Waals surface area contributed by atoms with E-state index in [1.807, 2.05) is 45.0 Å². The van der Waals surface area contributed by atoms with E-state index in [0.29, 0.717) is 10.6 Å². The minimum Gasteiger partial charge on any atom is -0.591 e. The van der Waals surface area contributed by atoms with Crippen LogP contribution in [0.15, 0.2) is 46.9 Å². The van der Waals surface area contributed by atoms with Crippen LogP contribution in [0, 0.1) is 5.82 Å². The van der Waals surface area contributed by atoms with Crippen LogP contribution in [0.1, 0.15) is 31.9 Å². The number of rotatable bonds is 4. The van der Waals surface area contributed by atoms with Gasteiger partial charge in [-0.05, 0) is 62.3 Å². The number of benzene rings is 2. The number of hydrogen-bond acceptors (Lipinski definition) is 4. The van der Waals surface area contributed by atoms with E-state index in [4.69, 9.17) is 17.0 Å². The molecule has 0 bridgehead atoms. The molecule has 0 heterocycles. The first-order valence-corrected chi connectivity index (χ1v) is 9.19. The van der Waals surface area contributed by atoms with E-state index in [1.165, 1.54) is 25.5 Å². The van der Waals surface area contributed by atoms with Crippen molar-refractivity contribution in [3.05, 3.63) is 59.4 Å². The molecule has 3 nitrogen and oxygen atoms in total. The first-order valence-electron chi connectivity index (χ1n) is 7.67. The summed E-state index contributed by atoms with van der Waals surface area (Å²) in [6.07, 6.45) is 1.45. The van der Waals surface area contributed by atoms with Gasteiger partial charge in [-0.1, -0.05) is 28.7 Å². The van der Waals surface area contributed by atoms with Crippen molar-refractivity contribution >= 4 is 34.8 Å². The molecule has 0 aromatic heterocycles. The monoisotopic (exact) mass is 377 g/mol. The SMILES string of the molecule is COC(=S)c1ccccc1-c1ccc(F)cc1/C=N/[S+]([O-])C(C)(C)C. The normalized spacial score (nSPS) is 13.0. The van der Waals surface area contributed by atoms with Gasteiger partial charge in [-0.15, -0.1) is 0 Å². The Bertz CT molecular complexity index is 800. The fraction of sp³-hybridized carbons (Fsp3) is 0.263. The number of methoxy groups -OCH3 is 1. The molecule has 0 saturated heterocycles. The number of thiocarbonyl (C=S) groups is 1. The van der Waals surface area contributed by atoms with E-state index >= 15 is 0 Å². The topological polar surface area (TPSA) is 44.6 Å². The minimum atomic E-state index is -1.43. The van der Waals surface area contributed by atoms with Crippen molar-refractivity contribution in [3.8, 4) is 11.1 Å². The van der Waals surface area contributed by atoms with Crippen LogP contribution in [0.3, 0.4) is 0 Å². The van der Waals surface area contributed by atoms with E-state index in [1.54, 1.807) is 6.07 Å². The van der Waals surface area contributed by atoms with Gasteiger partial charge in [0.1, 0.15) is 21.9 Å². The van der Waals surface area contributed by atoms with Gasteiger partial charge >= 0.3 is 0 Å². The summed E-state index contributed by atoms with van der Waals surface area (Å²) in [5, 5.41) is 0.348. The number of ether oxygens (including phenoxy) is 1. The van der Waals surface area contributed by atoms with Crippen LogP contribution in [0.25, 0.3) is 11.1 Å². The van der Waals surface area contributed by atoms with Crippen LogP contribution in [-0.2, 0) is 16.1 Å². The molecular weight excluding hydrogens is 357 g/mol. The van der Waals surface area contributed by atoms with E-state index in [-0.39, 0.29) is 0 Å². The summed E-state index contributed by atoms with van der Waals surface area (Å²) in [6.45, 7) is 5.50. The quantitative estimate of drug-likeness (QED) is 0.441. The Balaban J connectivity index is 2.54. The van der Waals surface area contributed by atoms with E-state index < -0.39 is 21.9 Å². The number of nitrogens with zero attached hydrogens (tertiary/aromatic N) is 1. The molecule has 6 heteroatoms.